The van der Waals surface area contributed by atoms with Crippen LogP contribution in [0.25, 0.3) is 0 Å². The summed E-state index contributed by atoms with van der Waals surface area (Å²) >= 11 is 7.52. The first-order valence-corrected chi connectivity index (χ1v) is 13.0. The van der Waals surface area contributed by atoms with Crippen molar-refractivity contribution in [1.82, 2.24) is 4.90 Å². The standard InChI is InChI=1S/C29H26ClN3O4S/c1-37-25-7-5-6-21(18-25)16-17-32(20-22-10-13-24(34)14-11-22)29(38-26-8-3-2-4-9-26)31-23-12-15-27(30)28(19-23)33(35)36/h2-15,18-19,34H,16-17,20H2,1H3. The number of hydrogen-bond acceptors (Lipinski definition) is 6. The molecule has 0 bridgehead atoms. The summed E-state index contributed by atoms with van der Waals surface area (Å²) in [5.41, 5.74) is 2.32. The van der Waals surface area contributed by atoms with Crippen molar-refractivity contribution in [1.29, 1.82) is 0 Å². The minimum Gasteiger partial charge on any atom is -0.508 e. The van der Waals surface area contributed by atoms with Crippen LogP contribution in [0.3, 0.4) is 0 Å². The second-order valence-electron chi connectivity index (χ2n) is 8.39. The second kappa shape index (κ2) is 13.0. The number of aromatic hydroxyl groups is 1. The molecule has 0 heterocycles. The molecule has 0 atom stereocenters. The molecule has 0 saturated carbocycles. The van der Waals surface area contributed by atoms with Gasteiger partial charge in [0, 0.05) is 24.1 Å². The van der Waals surface area contributed by atoms with Crippen LogP contribution in [0, 0.1) is 10.1 Å². The third kappa shape index (κ3) is 7.50. The van der Waals surface area contributed by atoms with E-state index in [0.717, 1.165) is 21.8 Å². The van der Waals surface area contributed by atoms with Crippen molar-refractivity contribution in [3.63, 3.8) is 0 Å². The van der Waals surface area contributed by atoms with Crippen LogP contribution in [-0.4, -0.2) is 33.8 Å². The lowest BCUT2D eigenvalue weighted by Crippen LogP contribution is -2.30. The molecule has 0 radical (unpaired) electrons. The molecule has 0 aliphatic carbocycles. The fourth-order valence-electron chi connectivity index (χ4n) is 3.73. The number of ether oxygens (including phenoxy) is 1. The Hall–Kier alpha value is -4.01. The van der Waals surface area contributed by atoms with Gasteiger partial charge in [-0.3, -0.25) is 10.1 Å². The van der Waals surface area contributed by atoms with Gasteiger partial charge in [-0.25, -0.2) is 4.99 Å². The lowest BCUT2D eigenvalue weighted by Gasteiger charge is -2.26. The molecule has 9 heteroatoms. The van der Waals surface area contributed by atoms with E-state index in [1.807, 2.05) is 66.7 Å². The summed E-state index contributed by atoms with van der Waals surface area (Å²) in [6, 6.07) is 29.3. The SMILES string of the molecule is COc1cccc(CCN(Cc2ccc(O)cc2)C(=Nc2ccc(Cl)c([N+](=O)[O-])c2)Sc2ccccc2)c1. The molecular formula is C29H26ClN3O4S. The van der Waals surface area contributed by atoms with Crippen LogP contribution in [0.1, 0.15) is 11.1 Å². The zero-order chi connectivity index (χ0) is 26.9. The van der Waals surface area contributed by atoms with Gasteiger partial charge in [-0.05, 0) is 66.1 Å². The van der Waals surface area contributed by atoms with Crippen LogP contribution in [-0.2, 0) is 13.0 Å². The quantitative estimate of drug-likeness (QED) is 0.0767. The molecule has 4 aromatic rings. The predicted molar refractivity (Wildman–Crippen MR) is 153 cm³/mol. The fourth-order valence-corrected chi connectivity index (χ4v) is 4.86. The largest absolute Gasteiger partial charge is 0.508 e. The number of phenols is 1. The third-order valence-electron chi connectivity index (χ3n) is 5.69. The number of methoxy groups -OCH3 is 1. The minimum absolute atomic E-state index is 0.0604. The molecule has 0 fully saturated rings. The number of amidine groups is 1. The first kappa shape index (κ1) is 27.0. The molecule has 0 aliphatic heterocycles. The van der Waals surface area contributed by atoms with Gasteiger partial charge in [0.15, 0.2) is 5.17 Å². The van der Waals surface area contributed by atoms with Crippen molar-refractivity contribution in [3.05, 3.63) is 123 Å². The van der Waals surface area contributed by atoms with Gasteiger partial charge in [0.1, 0.15) is 16.5 Å². The molecule has 0 aliphatic rings. The lowest BCUT2D eigenvalue weighted by molar-refractivity contribution is -0.384. The molecule has 194 valence electrons. The Labute approximate surface area is 230 Å². The molecule has 0 unspecified atom stereocenters. The molecule has 7 nitrogen and oxygen atoms in total. The van der Waals surface area contributed by atoms with E-state index >= 15 is 0 Å². The van der Waals surface area contributed by atoms with Gasteiger partial charge in [0.25, 0.3) is 5.69 Å². The number of rotatable bonds is 9. The van der Waals surface area contributed by atoms with Gasteiger partial charge < -0.3 is 14.7 Å². The highest BCUT2D eigenvalue weighted by Crippen LogP contribution is 2.31. The average Bonchev–Trinajstić information content (AvgIpc) is 2.93. The van der Waals surface area contributed by atoms with Crippen LogP contribution in [0.4, 0.5) is 11.4 Å². The van der Waals surface area contributed by atoms with Crippen LogP contribution < -0.4 is 4.74 Å². The maximum absolute atomic E-state index is 11.5. The number of nitrogens with zero attached hydrogens (tertiary/aromatic N) is 3. The monoisotopic (exact) mass is 547 g/mol. The Morgan fingerprint density at radius 3 is 2.47 bits per heavy atom. The fraction of sp³-hybridized carbons (Fsp3) is 0.138. The van der Waals surface area contributed by atoms with Gasteiger partial charge in [0.05, 0.1) is 17.7 Å². The smallest absolute Gasteiger partial charge is 0.290 e. The molecule has 38 heavy (non-hydrogen) atoms. The Morgan fingerprint density at radius 1 is 1.00 bits per heavy atom. The number of thioether (sulfide) groups is 1. The highest BCUT2D eigenvalue weighted by atomic mass is 35.5. The molecule has 0 spiro atoms. The van der Waals surface area contributed by atoms with E-state index in [-0.39, 0.29) is 16.5 Å². The Bertz CT molecular complexity index is 1420. The molecule has 1 N–H and O–H groups in total. The number of halogens is 1. The summed E-state index contributed by atoms with van der Waals surface area (Å²) in [6.45, 7) is 1.13. The Balaban J connectivity index is 1.73. The van der Waals surface area contributed by atoms with Crippen molar-refractivity contribution in [3.8, 4) is 11.5 Å². The van der Waals surface area contributed by atoms with Gasteiger partial charge in [-0.15, -0.1) is 0 Å². The third-order valence-corrected chi connectivity index (χ3v) is 7.05. The molecule has 4 aromatic carbocycles. The van der Waals surface area contributed by atoms with Crippen LogP contribution in [0.15, 0.2) is 107 Å². The van der Waals surface area contributed by atoms with Crippen molar-refractivity contribution in [2.75, 3.05) is 13.7 Å². The van der Waals surface area contributed by atoms with E-state index in [2.05, 4.69) is 4.90 Å². The number of nitro groups is 1. The highest BCUT2D eigenvalue weighted by Gasteiger charge is 2.18. The molecule has 0 aromatic heterocycles. The maximum Gasteiger partial charge on any atom is 0.290 e. The number of phenolic OH excluding ortho intramolecular Hbond substituents is 1. The van der Waals surface area contributed by atoms with Crippen LogP contribution in [0.5, 0.6) is 11.5 Å². The predicted octanol–water partition coefficient (Wildman–Crippen LogP) is 7.49. The summed E-state index contributed by atoms with van der Waals surface area (Å²) in [6.07, 6.45) is 0.713. The highest BCUT2D eigenvalue weighted by molar-refractivity contribution is 8.13. The number of nitro benzene ring substituents is 1. The van der Waals surface area contributed by atoms with Crippen LogP contribution >= 0.6 is 23.4 Å². The summed E-state index contributed by atoms with van der Waals surface area (Å²) in [5, 5.41) is 22.0. The Morgan fingerprint density at radius 2 is 1.76 bits per heavy atom. The van der Waals surface area contributed by atoms with E-state index < -0.39 is 4.92 Å². The summed E-state index contributed by atoms with van der Waals surface area (Å²) < 4.78 is 5.38. The van der Waals surface area contributed by atoms with Crippen molar-refractivity contribution in [2.24, 2.45) is 4.99 Å². The maximum atomic E-state index is 11.5. The first-order valence-electron chi connectivity index (χ1n) is 11.8. The van der Waals surface area contributed by atoms with Gasteiger partial charge >= 0.3 is 0 Å². The number of aliphatic imine (C=N–C) groups is 1. The number of benzene rings is 4. The zero-order valence-electron chi connectivity index (χ0n) is 20.7. The van der Waals surface area contributed by atoms with Crippen molar-refractivity contribution < 1.29 is 14.8 Å². The van der Waals surface area contributed by atoms with E-state index in [1.54, 1.807) is 25.3 Å². The Kier molecular flexibility index (Phi) is 9.24. The van der Waals surface area contributed by atoms with E-state index in [0.29, 0.717) is 30.4 Å². The van der Waals surface area contributed by atoms with Gasteiger partial charge in [-0.1, -0.05) is 65.8 Å². The van der Waals surface area contributed by atoms with E-state index in [9.17, 15) is 15.2 Å². The molecule has 0 saturated heterocycles. The van der Waals surface area contributed by atoms with Crippen molar-refractivity contribution in [2.45, 2.75) is 17.9 Å². The van der Waals surface area contributed by atoms with Crippen molar-refractivity contribution >= 4 is 39.9 Å². The molecular weight excluding hydrogens is 522 g/mol. The first-order chi connectivity index (χ1) is 18.4. The van der Waals surface area contributed by atoms with E-state index in [4.69, 9.17) is 21.3 Å². The second-order valence-corrected chi connectivity index (χ2v) is 9.84. The summed E-state index contributed by atoms with van der Waals surface area (Å²) in [4.78, 5) is 19.0. The lowest BCUT2D eigenvalue weighted by atomic mass is 10.1. The van der Waals surface area contributed by atoms with Crippen LogP contribution in [0.2, 0.25) is 5.02 Å². The molecule has 0 amide bonds. The molecule has 4 rings (SSSR count). The normalized spacial score (nSPS) is 11.3. The average molecular weight is 548 g/mol. The zero-order valence-corrected chi connectivity index (χ0v) is 22.2. The van der Waals surface area contributed by atoms with E-state index in [1.165, 1.54) is 23.9 Å². The topological polar surface area (TPSA) is 88.2 Å². The number of hydrogen-bond donors (Lipinski definition) is 1. The van der Waals surface area contributed by atoms with Gasteiger partial charge in [-0.2, -0.15) is 0 Å². The van der Waals surface area contributed by atoms with Gasteiger partial charge in [0.2, 0.25) is 0 Å². The summed E-state index contributed by atoms with van der Waals surface area (Å²) in [5.74, 6) is 0.978. The summed E-state index contributed by atoms with van der Waals surface area (Å²) in [7, 11) is 1.64. The minimum atomic E-state index is -0.512.